The van der Waals surface area contributed by atoms with Crippen molar-refractivity contribution in [3.8, 4) is 5.75 Å². The molecule has 0 aliphatic heterocycles. The number of hydrogen-bond donors (Lipinski definition) is 1. The van der Waals surface area contributed by atoms with Crippen LogP contribution in [0.15, 0.2) is 22.7 Å². The second kappa shape index (κ2) is 5.04. The van der Waals surface area contributed by atoms with Gasteiger partial charge in [0.15, 0.2) is 11.6 Å². The summed E-state index contributed by atoms with van der Waals surface area (Å²) in [4.78, 5) is 10.6. The Labute approximate surface area is 107 Å². The maximum Gasteiger partial charge on any atom is 0.303 e. The van der Waals surface area contributed by atoms with E-state index in [1.807, 2.05) is 0 Å². The number of hydrogen-bond acceptors (Lipinski definition) is 2. The summed E-state index contributed by atoms with van der Waals surface area (Å²) in [6.45, 7) is 0. The first-order valence-electron chi connectivity index (χ1n) is 5.40. The zero-order valence-corrected chi connectivity index (χ0v) is 10.6. The Morgan fingerprint density at radius 3 is 2.82 bits per heavy atom. The molecule has 1 aliphatic rings. The van der Waals surface area contributed by atoms with Gasteiger partial charge in [-0.05, 0) is 31.0 Å². The van der Waals surface area contributed by atoms with E-state index in [1.54, 1.807) is 12.1 Å². The predicted octanol–water partition coefficient (Wildman–Crippen LogP) is 3.22. The van der Waals surface area contributed by atoms with Crippen LogP contribution in [0, 0.1) is 11.7 Å². The van der Waals surface area contributed by atoms with Gasteiger partial charge in [0.25, 0.3) is 0 Å². The number of rotatable bonds is 4. The molecule has 1 aliphatic carbocycles. The lowest BCUT2D eigenvalue weighted by molar-refractivity contribution is -0.140. The minimum absolute atomic E-state index is 0.00412. The van der Waals surface area contributed by atoms with Crippen molar-refractivity contribution < 1.29 is 19.0 Å². The standard InChI is InChI=1S/C12H12BrFO3/c13-8-2-4-11(9(14)6-8)17-10-3-1-7(10)5-12(15)16/h2,4,6-7,10H,1,3,5H2,(H,15,16). The van der Waals surface area contributed by atoms with E-state index in [1.165, 1.54) is 6.07 Å². The van der Waals surface area contributed by atoms with Crippen LogP contribution in [-0.2, 0) is 4.79 Å². The van der Waals surface area contributed by atoms with Crippen molar-refractivity contribution >= 4 is 21.9 Å². The molecule has 17 heavy (non-hydrogen) atoms. The monoisotopic (exact) mass is 302 g/mol. The molecule has 3 nitrogen and oxygen atoms in total. The van der Waals surface area contributed by atoms with Crippen LogP contribution in [0.2, 0.25) is 0 Å². The number of carbonyl (C=O) groups is 1. The first kappa shape index (κ1) is 12.4. The molecule has 0 saturated heterocycles. The lowest BCUT2D eigenvalue weighted by Crippen LogP contribution is -2.38. The van der Waals surface area contributed by atoms with Crippen LogP contribution in [0.25, 0.3) is 0 Å². The lowest BCUT2D eigenvalue weighted by atomic mass is 9.79. The summed E-state index contributed by atoms with van der Waals surface area (Å²) in [5.41, 5.74) is 0. The van der Waals surface area contributed by atoms with Crippen LogP contribution in [-0.4, -0.2) is 17.2 Å². The Morgan fingerprint density at radius 2 is 2.29 bits per heavy atom. The van der Waals surface area contributed by atoms with Crippen molar-refractivity contribution in [2.45, 2.75) is 25.4 Å². The third kappa shape index (κ3) is 2.97. The molecule has 2 unspecified atom stereocenters. The summed E-state index contributed by atoms with van der Waals surface area (Å²) >= 11 is 3.16. The molecule has 1 aromatic carbocycles. The topological polar surface area (TPSA) is 46.5 Å². The zero-order chi connectivity index (χ0) is 12.4. The zero-order valence-electron chi connectivity index (χ0n) is 9.03. The van der Waals surface area contributed by atoms with Gasteiger partial charge in [-0.3, -0.25) is 4.79 Å². The van der Waals surface area contributed by atoms with Gasteiger partial charge in [0.05, 0.1) is 6.42 Å². The van der Waals surface area contributed by atoms with E-state index in [0.29, 0.717) is 4.47 Å². The van der Waals surface area contributed by atoms with Crippen molar-refractivity contribution in [1.29, 1.82) is 0 Å². The van der Waals surface area contributed by atoms with Crippen LogP contribution >= 0.6 is 15.9 Å². The fourth-order valence-electron chi connectivity index (χ4n) is 1.89. The summed E-state index contributed by atoms with van der Waals surface area (Å²) in [5, 5.41) is 8.69. The largest absolute Gasteiger partial charge is 0.487 e. The average Bonchev–Trinajstić information content (AvgIpc) is 2.23. The fraction of sp³-hybridized carbons (Fsp3) is 0.417. The Balaban J connectivity index is 1.99. The number of aliphatic carboxylic acids is 1. The molecule has 1 N–H and O–H groups in total. The highest BCUT2D eigenvalue weighted by atomic mass is 79.9. The van der Waals surface area contributed by atoms with Gasteiger partial charge in [-0.25, -0.2) is 4.39 Å². The van der Waals surface area contributed by atoms with Crippen LogP contribution in [0.4, 0.5) is 4.39 Å². The molecule has 0 radical (unpaired) electrons. The van der Waals surface area contributed by atoms with Crippen LogP contribution in [0.1, 0.15) is 19.3 Å². The normalized spacial score (nSPS) is 22.9. The van der Waals surface area contributed by atoms with Crippen LogP contribution in [0.5, 0.6) is 5.75 Å². The molecule has 2 atom stereocenters. The van der Waals surface area contributed by atoms with Gasteiger partial charge in [0.2, 0.25) is 0 Å². The van der Waals surface area contributed by atoms with Crippen molar-refractivity contribution in [3.05, 3.63) is 28.5 Å². The maximum atomic E-state index is 13.5. The van der Waals surface area contributed by atoms with Gasteiger partial charge < -0.3 is 9.84 Å². The second-order valence-electron chi connectivity index (χ2n) is 4.17. The minimum atomic E-state index is -0.834. The quantitative estimate of drug-likeness (QED) is 0.929. The summed E-state index contributed by atoms with van der Waals surface area (Å²) in [6, 6.07) is 4.58. The van der Waals surface area contributed by atoms with E-state index in [2.05, 4.69) is 15.9 Å². The van der Waals surface area contributed by atoms with Crippen molar-refractivity contribution in [3.63, 3.8) is 0 Å². The van der Waals surface area contributed by atoms with E-state index in [-0.39, 0.29) is 24.2 Å². The Hall–Kier alpha value is -1.10. The third-order valence-corrected chi connectivity index (χ3v) is 3.45. The van der Waals surface area contributed by atoms with Gasteiger partial charge in [-0.1, -0.05) is 15.9 Å². The number of carboxylic acids is 1. The lowest BCUT2D eigenvalue weighted by Gasteiger charge is -2.35. The molecule has 1 aromatic rings. The molecule has 0 amide bonds. The number of halogens is 2. The minimum Gasteiger partial charge on any atom is -0.487 e. The van der Waals surface area contributed by atoms with Gasteiger partial charge in [0, 0.05) is 10.4 Å². The Bertz CT molecular complexity index is 436. The highest BCUT2D eigenvalue weighted by Crippen LogP contribution is 2.35. The Kier molecular flexibility index (Phi) is 3.66. The molecule has 5 heteroatoms. The molecule has 0 spiro atoms. The average molecular weight is 303 g/mol. The highest BCUT2D eigenvalue weighted by Gasteiger charge is 2.34. The summed E-state index contributed by atoms with van der Waals surface area (Å²) in [5.74, 6) is -1.08. The second-order valence-corrected chi connectivity index (χ2v) is 5.08. The molecular weight excluding hydrogens is 291 g/mol. The number of carboxylic acid groups (broad SMARTS) is 1. The van der Waals surface area contributed by atoms with E-state index in [0.717, 1.165) is 12.8 Å². The van der Waals surface area contributed by atoms with Gasteiger partial charge in [-0.2, -0.15) is 0 Å². The molecule has 0 bridgehead atoms. The number of ether oxygens (including phenoxy) is 1. The molecule has 2 rings (SSSR count). The first-order chi connectivity index (χ1) is 8.06. The van der Waals surface area contributed by atoms with E-state index >= 15 is 0 Å². The van der Waals surface area contributed by atoms with Crippen molar-refractivity contribution in [2.24, 2.45) is 5.92 Å². The third-order valence-electron chi connectivity index (χ3n) is 2.96. The van der Waals surface area contributed by atoms with Crippen molar-refractivity contribution in [2.75, 3.05) is 0 Å². The van der Waals surface area contributed by atoms with Crippen LogP contribution < -0.4 is 4.74 Å². The van der Waals surface area contributed by atoms with Gasteiger partial charge in [0.1, 0.15) is 6.10 Å². The highest BCUT2D eigenvalue weighted by molar-refractivity contribution is 9.10. The van der Waals surface area contributed by atoms with Crippen molar-refractivity contribution in [1.82, 2.24) is 0 Å². The predicted molar refractivity (Wildman–Crippen MR) is 63.5 cm³/mol. The smallest absolute Gasteiger partial charge is 0.303 e. The van der Waals surface area contributed by atoms with Crippen LogP contribution in [0.3, 0.4) is 0 Å². The Morgan fingerprint density at radius 1 is 1.53 bits per heavy atom. The summed E-state index contributed by atoms with van der Waals surface area (Å²) in [7, 11) is 0. The molecule has 92 valence electrons. The van der Waals surface area contributed by atoms with E-state index in [4.69, 9.17) is 9.84 Å². The van der Waals surface area contributed by atoms with E-state index in [9.17, 15) is 9.18 Å². The summed E-state index contributed by atoms with van der Waals surface area (Å²) in [6.07, 6.45) is 1.52. The maximum absolute atomic E-state index is 13.5. The molecule has 0 aromatic heterocycles. The molecular formula is C12H12BrFO3. The van der Waals surface area contributed by atoms with Gasteiger partial charge >= 0.3 is 5.97 Å². The van der Waals surface area contributed by atoms with Gasteiger partial charge in [-0.15, -0.1) is 0 Å². The molecule has 1 fully saturated rings. The fourth-order valence-corrected chi connectivity index (χ4v) is 2.22. The SMILES string of the molecule is O=C(O)CC1CCC1Oc1ccc(Br)cc1F. The summed E-state index contributed by atoms with van der Waals surface area (Å²) < 4.78 is 19.6. The van der Waals surface area contributed by atoms with E-state index < -0.39 is 11.8 Å². The first-order valence-corrected chi connectivity index (χ1v) is 6.19. The number of benzene rings is 1. The molecule has 0 heterocycles. The molecule has 1 saturated carbocycles.